The molecule has 0 radical (unpaired) electrons. The lowest BCUT2D eigenvalue weighted by atomic mass is 9.68. The van der Waals surface area contributed by atoms with E-state index in [1.54, 1.807) is 0 Å². The molecule has 0 saturated heterocycles. The van der Waals surface area contributed by atoms with E-state index in [9.17, 15) is 0 Å². The van der Waals surface area contributed by atoms with Gasteiger partial charge in [-0.15, -0.1) is 0 Å². The van der Waals surface area contributed by atoms with Crippen LogP contribution in [0.15, 0.2) is 24.3 Å². The quantitative estimate of drug-likeness (QED) is 0.778. The van der Waals surface area contributed by atoms with Gasteiger partial charge in [-0.3, -0.25) is 0 Å². The van der Waals surface area contributed by atoms with Gasteiger partial charge < -0.3 is 5.32 Å². The summed E-state index contributed by atoms with van der Waals surface area (Å²) in [4.78, 5) is 0. The standard InChI is InChI=1S/C12H16ClN/c1-12(2)7-9(8-12)14-11-6-4-3-5-10(11)13/h3-6,9,14H,7-8H2,1-2H3. The Kier molecular flexibility index (Phi) is 2.44. The zero-order valence-corrected chi connectivity index (χ0v) is 9.43. The lowest BCUT2D eigenvalue weighted by Crippen LogP contribution is -2.41. The molecule has 0 aromatic heterocycles. The minimum absolute atomic E-state index is 0.513. The highest BCUT2D eigenvalue weighted by molar-refractivity contribution is 6.33. The smallest absolute Gasteiger partial charge is 0.0637 e. The van der Waals surface area contributed by atoms with Crippen molar-refractivity contribution in [1.82, 2.24) is 0 Å². The summed E-state index contributed by atoms with van der Waals surface area (Å²) in [6.45, 7) is 4.61. The number of para-hydroxylation sites is 1. The van der Waals surface area contributed by atoms with Crippen molar-refractivity contribution < 1.29 is 0 Å². The Morgan fingerprint density at radius 1 is 1.29 bits per heavy atom. The zero-order chi connectivity index (χ0) is 10.2. The number of nitrogens with one attached hydrogen (secondary N) is 1. The molecule has 0 spiro atoms. The number of hydrogen-bond donors (Lipinski definition) is 1. The fraction of sp³-hybridized carbons (Fsp3) is 0.500. The summed E-state index contributed by atoms with van der Waals surface area (Å²) < 4.78 is 0. The van der Waals surface area contributed by atoms with Crippen LogP contribution in [0.25, 0.3) is 0 Å². The molecule has 1 nitrogen and oxygen atoms in total. The van der Waals surface area contributed by atoms with Gasteiger partial charge in [0.25, 0.3) is 0 Å². The van der Waals surface area contributed by atoms with Crippen LogP contribution in [-0.4, -0.2) is 6.04 Å². The second kappa shape index (κ2) is 3.47. The molecule has 0 aliphatic heterocycles. The number of anilines is 1. The third-order valence-corrected chi connectivity index (χ3v) is 3.16. The maximum absolute atomic E-state index is 6.06. The van der Waals surface area contributed by atoms with Gasteiger partial charge in [0.05, 0.1) is 10.7 Å². The molecule has 0 bridgehead atoms. The van der Waals surface area contributed by atoms with Crippen molar-refractivity contribution >= 4 is 17.3 Å². The first-order valence-corrected chi connectivity index (χ1v) is 5.46. The molecule has 1 aromatic carbocycles. The second-order valence-corrected chi connectivity index (χ2v) is 5.30. The topological polar surface area (TPSA) is 12.0 Å². The Bertz CT molecular complexity index is 325. The Morgan fingerprint density at radius 2 is 1.93 bits per heavy atom. The summed E-state index contributed by atoms with van der Waals surface area (Å²) in [6, 6.07) is 8.53. The molecule has 1 aromatic rings. The first kappa shape index (κ1) is 9.85. The van der Waals surface area contributed by atoms with Crippen LogP contribution in [0.1, 0.15) is 26.7 Å². The summed E-state index contributed by atoms with van der Waals surface area (Å²) in [7, 11) is 0. The van der Waals surface area contributed by atoms with Crippen molar-refractivity contribution in [2.24, 2.45) is 5.41 Å². The minimum atomic E-state index is 0.513. The van der Waals surface area contributed by atoms with Gasteiger partial charge in [-0.1, -0.05) is 37.6 Å². The Labute approximate surface area is 90.5 Å². The van der Waals surface area contributed by atoms with Crippen LogP contribution < -0.4 is 5.32 Å². The molecular formula is C12H16ClN. The van der Waals surface area contributed by atoms with Crippen LogP contribution in [0, 0.1) is 5.41 Å². The second-order valence-electron chi connectivity index (χ2n) is 4.89. The molecule has 1 aliphatic rings. The molecule has 0 unspecified atom stereocenters. The van der Waals surface area contributed by atoms with Crippen molar-refractivity contribution in [3.63, 3.8) is 0 Å². The van der Waals surface area contributed by atoms with Crippen LogP contribution >= 0.6 is 11.6 Å². The molecule has 1 fully saturated rings. The fourth-order valence-electron chi connectivity index (χ4n) is 2.17. The van der Waals surface area contributed by atoms with Crippen molar-refractivity contribution in [2.75, 3.05) is 5.32 Å². The van der Waals surface area contributed by atoms with E-state index in [0.717, 1.165) is 10.7 Å². The van der Waals surface area contributed by atoms with E-state index in [1.807, 2.05) is 24.3 Å². The number of rotatable bonds is 2. The maximum atomic E-state index is 6.06. The predicted octanol–water partition coefficient (Wildman–Crippen LogP) is 3.94. The SMILES string of the molecule is CC1(C)CC(Nc2ccccc2Cl)C1. The van der Waals surface area contributed by atoms with Crippen molar-refractivity contribution in [2.45, 2.75) is 32.7 Å². The van der Waals surface area contributed by atoms with Crippen LogP contribution in [0.2, 0.25) is 5.02 Å². The van der Waals surface area contributed by atoms with Gasteiger partial charge in [0.2, 0.25) is 0 Å². The molecule has 0 atom stereocenters. The van der Waals surface area contributed by atoms with Gasteiger partial charge in [-0.2, -0.15) is 0 Å². The maximum Gasteiger partial charge on any atom is 0.0637 e. The third kappa shape index (κ3) is 2.03. The molecule has 1 N–H and O–H groups in total. The number of benzene rings is 1. The highest BCUT2D eigenvalue weighted by Gasteiger charge is 2.35. The minimum Gasteiger partial charge on any atom is -0.381 e. The molecule has 0 amide bonds. The molecular weight excluding hydrogens is 194 g/mol. The average Bonchev–Trinajstić information content (AvgIpc) is 2.05. The van der Waals surface area contributed by atoms with Gasteiger partial charge in [0.15, 0.2) is 0 Å². The summed E-state index contributed by atoms with van der Waals surface area (Å²) in [5.74, 6) is 0. The Hall–Kier alpha value is -0.690. The zero-order valence-electron chi connectivity index (χ0n) is 8.68. The molecule has 2 heteroatoms. The highest BCUT2D eigenvalue weighted by atomic mass is 35.5. The van der Waals surface area contributed by atoms with E-state index in [4.69, 9.17) is 11.6 Å². The van der Waals surface area contributed by atoms with Crippen LogP contribution in [0.5, 0.6) is 0 Å². The lowest BCUT2D eigenvalue weighted by Gasteiger charge is -2.43. The molecule has 1 saturated carbocycles. The predicted molar refractivity (Wildman–Crippen MR) is 61.9 cm³/mol. The largest absolute Gasteiger partial charge is 0.381 e. The van der Waals surface area contributed by atoms with E-state index in [2.05, 4.69) is 19.2 Å². The normalized spacial score (nSPS) is 20.2. The van der Waals surface area contributed by atoms with Crippen LogP contribution in [-0.2, 0) is 0 Å². The van der Waals surface area contributed by atoms with E-state index in [-0.39, 0.29) is 0 Å². The van der Waals surface area contributed by atoms with Gasteiger partial charge in [-0.05, 0) is 30.4 Å². The molecule has 0 heterocycles. The Morgan fingerprint density at radius 3 is 2.50 bits per heavy atom. The average molecular weight is 210 g/mol. The molecule has 14 heavy (non-hydrogen) atoms. The number of hydrogen-bond acceptors (Lipinski definition) is 1. The molecule has 2 rings (SSSR count). The van der Waals surface area contributed by atoms with E-state index >= 15 is 0 Å². The summed E-state index contributed by atoms with van der Waals surface area (Å²) >= 11 is 6.06. The van der Waals surface area contributed by atoms with Gasteiger partial charge >= 0.3 is 0 Å². The highest BCUT2D eigenvalue weighted by Crippen LogP contribution is 2.41. The van der Waals surface area contributed by atoms with Gasteiger partial charge in [-0.25, -0.2) is 0 Å². The Balaban J connectivity index is 1.97. The lowest BCUT2D eigenvalue weighted by molar-refractivity contribution is 0.167. The van der Waals surface area contributed by atoms with Crippen molar-refractivity contribution in [1.29, 1.82) is 0 Å². The van der Waals surface area contributed by atoms with E-state index in [1.165, 1.54) is 12.8 Å². The summed E-state index contributed by atoms with van der Waals surface area (Å²) in [6.07, 6.45) is 2.47. The van der Waals surface area contributed by atoms with Gasteiger partial charge in [0.1, 0.15) is 0 Å². The molecule has 76 valence electrons. The third-order valence-electron chi connectivity index (χ3n) is 2.83. The van der Waals surface area contributed by atoms with Gasteiger partial charge in [0, 0.05) is 6.04 Å². The summed E-state index contributed by atoms with van der Waals surface area (Å²) in [5, 5.41) is 4.29. The first-order chi connectivity index (χ1) is 6.57. The van der Waals surface area contributed by atoms with Crippen LogP contribution in [0.4, 0.5) is 5.69 Å². The first-order valence-electron chi connectivity index (χ1n) is 5.08. The van der Waals surface area contributed by atoms with E-state index < -0.39 is 0 Å². The summed E-state index contributed by atoms with van der Waals surface area (Å²) in [5.41, 5.74) is 1.58. The van der Waals surface area contributed by atoms with Crippen molar-refractivity contribution in [3.8, 4) is 0 Å². The monoisotopic (exact) mass is 209 g/mol. The fourth-order valence-corrected chi connectivity index (χ4v) is 2.36. The van der Waals surface area contributed by atoms with Crippen molar-refractivity contribution in [3.05, 3.63) is 29.3 Å². The van der Waals surface area contributed by atoms with E-state index in [0.29, 0.717) is 11.5 Å². The molecule has 1 aliphatic carbocycles. The van der Waals surface area contributed by atoms with Crippen LogP contribution in [0.3, 0.4) is 0 Å². The number of halogens is 1.